The largest absolute Gasteiger partial charge is 0.314 e. The van der Waals surface area contributed by atoms with Gasteiger partial charge in [0.25, 0.3) is 0 Å². The summed E-state index contributed by atoms with van der Waals surface area (Å²) < 4.78 is 0. The molecule has 0 aliphatic carbocycles. The Balaban J connectivity index is 1.61. The average molecular weight is 238 g/mol. The third-order valence-corrected chi connectivity index (χ3v) is 4.42. The van der Waals surface area contributed by atoms with Gasteiger partial charge in [0, 0.05) is 32.6 Å². The van der Waals surface area contributed by atoms with Crippen LogP contribution >= 0.6 is 11.8 Å². The van der Waals surface area contributed by atoms with E-state index in [1.165, 1.54) is 24.3 Å². The summed E-state index contributed by atoms with van der Waals surface area (Å²) in [7, 11) is 0. The molecule has 0 atom stereocenters. The van der Waals surface area contributed by atoms with Crippen LogP contribution in [-0.2, 0) is 0 Å². The molecule has 2 saturated heterocycles. The third kappa shape index (κ3) is 4.37. The minimum absolute atomic E-state index is 0.886. The molecule has 2 aliphatic heterocycles. The zero-order valence-electron chi connectivity index (χ0n) is 10.0. The van der Waals surface area contributed by atoms with Crippen LogP contribution in [0.15, 0.2) is 0 Å². The fourth-order valence-electron chi connectivity index (χ4n) is 2.20. The van der Waals surface area contributed by atoms with Crippen LogP contribution in [0.2, 0.25) is 0 Å². The van der Waals surface area contributed by atoms with Crippen LogP contribution in [0.5, 0.6) is 0 Å². The molecule has 2 aliphatic rings. The van der Waals surface area contributed by atoms with E-state index in [1.807, 2.05) is 0 Å². The van der Waals surface area contributed by atoms with Gasteiger partial charge in [-0.1, -0.05) is 5.92 Å². The van der Waals surface area contributed by atoms with Gasteiger partial charge in [-0.3, -0.25) is 4.90 Å². The van der Waals surface area contributed by atoms with Crippen LogP contribution in [-0.4, -0.2) is 49.1 Å². The lowest BCUT2D eigenvalue weighted by atomic mass is 9.99. The van der Waals surface area contributed by atoms with Crippen molar-refractivity contribution in [2.45, 2.75) is 19.3 Å². The summed E-state index contributed by atoms with van der Waals surface area (Å²) in [6.45, 7) is 5.55. The van der Waals surface area contributed by atoms with Gasteiger partial charge >= 0.3 is 0 Å². The zero-order valence-corrected chi connectivity index (χ0v) is 10.8. The molecule has 0 saturated carbocycles. The lowest BCUT2D eigenvalue weighted by Gasteiger charge is -2.24. The van der Waals surface area contributed by atoms with Crippen molar-refractivity contribution in [1.82, 2.24) is 10.2 Å². The number of nitrogens with zero attached hydrogens (tertiary/aromatic N) is 1. The van der Waals surface area contributed by atoms with E-state index in [0.717, 1.165) is 45.1 Å². The Morgan fingerprint density at radius 3 is 2.62 bits per heavy atom. The van der Waals surface area contributed by atoms with Gasteiger partial charge in [0.2, 0.25) is 0 Å². The van der Waals surface area contributed by atoms with Crippen LogP contribution in [0.1, 0.15) is 19.3 Å². The average Bonchev–Trinajstić information content (AvgIpc) is 2.37. The highest BCUT2D eigenvalue weighted by molar-refractivity contribution is 7.99. The number of hydrogen-bond donors (Lipinski definition) is 1. The summed E-state index contributed by atoms with van der Waals surface area (Å²) >= 11 is 2.10. The first kappa shape index (κ1) is 12.3. The second-order valence-corrected chi connectivity index (χ2v) is 5.86. The molecule has 3 heteroatoms. The number of nitrogens with one attached hydrogen (secondary N) is 1. The van der Waals surface area contributed by atoms with Crippen LogP contribution in [0, 0.1) is 17.8 Å². The molecule has 2 heterocycles. The topological polar surface area (TPSA) is 15.3 Å². The van der Waals surface area contributed by atoms with Gasteiger partial charge in [0.15, 0.2) is 0 Å². The molecule has 2 fully saturated rings. The van der Waals surface area contributed by atoms with E-state index < -0.39 is 0 Å². The quantitative estimate of drug-likeness (QED) is 0.733. The highest BCUT2D eigenvalue weighted by Crippen LogP contribution is 2.24. The maximum absolute atomic E-state index is 3.38. The van der Waals surface area contributed by atoms with Crippen LogP contribution in [0.4, 0.5) is 0 Å². The summed E-state index contributed by atoms with van der Waals surface area (Å²) in [6, 6.07) is 0. The lowest BCUT2D eigenvalue weighted by molar-refractivity contribution is 0.268. The third-order valence-electron chi connectivity index (χ3n) is 3.37. The van der Waals surface area contributed by atoms with Gasteiger partial charge in [-0.15, -0.1) is 5.92 Å². The molecule has 0 aromatic rings. The minimum Gasteiger partial charge on any atom is -0.314 e. The maximum Gasteiger partial charge on any atom is 0.0602 e. The van der Waals surface area contributed by atoms with Crippen LogP contribution < -0.4 is 5.32 Å². The normalized spacial score (nSPS) is 23.8. The zero-order chi connectivity index (χ0) is 11.1. The molecule has 0 aromatic heterocycles. The molecule has 1 N–H and O–H groups in total. The Bertz CT molecular complexity index is 220. The Labute approximate surface area is 104 Å². The monoisotopic (exact) mass is 238 g/mol. The molecule has 0 bridgehead atoms. The molecule has 0 unspecified atom stereocenters. The van der Waals surface area contributed by atoms with Gasteiger partial charge in [-0.05, 0) is 30.3 Å². The van der Waals surface area contributed by atoms with E-state index in [1.54, 1.807) is 0 Å². The maximum atomic E-state index is 3.38. The molecule has 16 heavy (non-hydrogen) atoms. The summed E-state index contributed by atoms with van der Waals surface area (Å²) in [4.78, 5) is 2.44. The number of piperazine rings is 1. The van der Waals surface area contributed by atoms with Crippen molar-refractivity contribution in [3.8, 4) is 11.8 Å². The SMILES string of the molecule is C(#CCN1CCNCC1)CC1CCSCC1. The van der Waals surface area contributed by atoms with Gasteiger partial charge < -0.3 is 5.32 Å². The summed E-state index contributed by atoms with van der Waals surface area (Å²) in [6.07, 6.45) is 3.90. The first-order valence-electron chi connectivity index (χ1n) is 6.41. The van der Waals surface area contributed by atoms with Crippen molar-refractivity contribution in [3.63, 3.8) is 0 Å². The van der Waals surface area contributed by atoms with E-state index in [4.69, 9.17) is 0 Å². The fourth-order valence-corrected chi connectivity index (χ4v) is 3.41. The van der Waals surface area contributed by atoms with Crippen LogP contribution in [0.25, 0.3) is 0 Å². The van der Waals surface area contributed by atoms with E-state index in [2.05, 4.69) is 33.8 Å². The predicted octanol–water partition coefficient (Wildman–Crippen LogP) is 1.43. The fraction of sp³-hybridized carbons (Fsp3) is 0.846. The first-order chi connectivity index (χ1) is 7.95. The van der Waals surface area contributed by atoms with E-state index in [0.29, 0.717) is 0 Å². The Morgan fingerprint density at radius 2 is 1.88 bits per heavy atom. The lowest BCUT2D eigenvalue weighted by Crippen LogP contribution is -2.43. The summed E-state index contributed by atoms with van der Waals surface area (Å²) in [5.74, 6) is 10.3. The van der Waals surface area contributed by atoms with Crippen molar-refractivity contribution in [1.29, 1.82) is 0 Å². The van der Waals surface area contributed by atoms with Crippen molar-refractivity contribution >= 4 is 11.8 Å². The van der Waals surface area contributed by atoms with Gasteiger partial charge in [0.05, 0.1) is 6.54 Å². The molecule has 2 nitrogen and oxygen atoms in total. The van der Waals surface area contributed by atoms with Crippen LogP contribution in [0.3, 0.4) is 0 Å². The van der Waals surface area contributed by atoms with Crippen molar-refractivity contribution in [2.24, 2.45) is 5.92 Å². The molecule has 0 amide bonds. The standard InChI is InChI=1S/C13H22N2S/c1(3-13-4-11-16-12-5-13)2-8-15-9-6-14-7-10-15/h13-14H,3-12H2. The highest BCUT2D eigenvalue weighted by atomic mass is 32.2. The van der Waals surface area contributed by atoms with Crippen molar-refractivity contribution in [2.75, 3.05) is 44.2 Å². The number of hydrogen-bond acceptors (Lipinski definition) is 3. The predicted molar refractivity (Wildman–Crippen MR) is 71.8 cm³/mol. The summed E-state index contributed by atoms with van der Waals surface area (Å²) in [5, 5.41) is 3.36. The van der Waals surface area contributed by atoms with Gasteiger partial charge in [-0.2, -0.15) is 11.8 Å². The molecular weight excluding hydrogens is 216 g/mol. The van der Waals surface area contributed by atoms with E-state index >= 15 is 0 Å². The van der Waals surface area contributed by atoms with E-state index in [-0.39, 0.29) is 0 Å². The van der Waals surface area contributed by atoms with Crippen molar-refractivity contribution in [3.05, 3.63) is 0 Å². The van der Waals surface area contributed by atoms with Crippen molar-refractivity contribution < 1.29 is 0 Å². The van der Waals surface area contributed by atoms with E-state index in [9.17, 15) is 0 Å². The smallest absolute Gasteiger partial charge is 0.0602 e. The Kier molecular flexibility index (Phi) is 5.54. The molecule has 2 rings (SSSR count). The molecule has 0 spiro atoms. The molecule has 90 valence electrons. The molecule has 0 aromatic carbocycles. The molecule has 0 radical (unpaired) electrons. The Hall–Kier alpha value is -0.170. The molecular formula is C13H22N2S. The highest BCUT2D eigenvalue weighted by Gasteiger charge is 2.12. The first-order valence-corrected chi connectivity index (χ1v) is 7.57. The second kappa shape index (κ2) is 7.21. The number of rotatable bonds is 2. The summed E-state index contributed by atoms with van der Waals surface area (Å²) in [5.41, 5.74) is 0. The number of thioether (sulfide) groups is 1. The second-order valence-electron chi connectivity index (χ2n) is 4.64. The van der Waals surface area contributed by atoms with Gasteiger partial charge in [0.1, 0.15) is 0 Å². The Morgan fingerprint density at radius 1 is 1.12 bits per heavy atom. The minimum atomic E-state index is 0.886. The van der Waals surface area contributed by atoms with Gasteiger partial charge in [-0.25, -0.2) is 0 Å².